The summed E-state index contributed by atoms with van der Waals surface area (Å²) in [6, 6.07) is 8.45. The Kier molecular flexibility index (Phi) is 5.63. The fraction of sp³-hybridized carbons (Fsp3) is 0.188. The average Bonchev–Trinajstić information content (AvgIpc) is 2.54. The maximum atomic E-state index is 12.9. The molecule has 0 aliphatic carbocycles. The molecule has 0 saturated carbocycles. The Hall–Kier alpha value is -2.61. The third kappa shape index (κ3) is 4.69. The van der Waals surface area contributed by atoms with E-state index in [0.29, 0.717) is 0 Å². The molecule has 0 spiro atoms. The van der Waals surface area contributed by atoms with Gasteiger partial charge in [0.05, 0.1) is 21.1 Å². The molecule has 5 nitrogen and oxygen atoms in total. The summed E-state index contributed by atoms with van der Waals surface area (Å²) in [5.74, 6) is -0.621. The number of carbonyl (C=O) groups is 1. The maximum Gasteiger partial charge on any atom is 0.416 e. The number of halogens is 4. The molecule has 1 amide bonds. The number of carbonyl (C=O) groups excluding carboxylic acids is 1. The highest BCUT2D eigenvalue weighted by Gasteiger charge is 2.32. The lowest BCUT2D eigenvalue weighted by atomic mass is 10.0. The fourth-order valence-electron chi connectivity index (χ4n) is 2.22. The van der Waals surface area contributed by atoms with Crippen LogP contribution in [0.1, 0.15) is 21.5 Å². The third-order valence-corrected chi connectivity index (χ3v) is 3.72. The molecule has 0 aromatic heterocycles. The summed E-state index contributed by atoms with van der Waals surface area (Å²) in [7, 11) is 0. The standard InChI is InChI=1S/C16H12ClF3N2O3/c17-14-9-11(22(24)25)5-6-12(14)15(23)21-8-7-10-3-1-2-4-13(10)16(18,19)20/h1-6,9H,7-8H2,(H,21,23). The van der Waals surface area contributed by atoms with Crippen LogP contribution in [0.15, 0.2) is 42.5 Å². The van der Waals surface area contributed by atoms with E-state index >= 15 is 0 Å². The van der Waals surface area contributed by atoms with Crippen molar-refractivity contribution in [2.24, 2.45) is 0 Å². The number of hydrogen-bond donors (Lipinski definition) is 1. The molecular weight excluding hydrogens is 361 g/mol. The van der Waals surface area contributed by atoms with Crippen LogP contribution < -0.4 is 5.32 Å². The zero-order chi connectivity index (χ0) is 18.6. The Labute approximate surface area is 145 Å². The van der Waals surface area contributed by atoms with E-state index in [4.69, 9.17) is 11.6 Å². The molecule has 1 N–H and O–H groups in total. The lowest BCUT2D eigenvalue weighted by molar-refractivity contribution is -0.384. The van der Waals surface area contributed by atoms with Crippen LogP contribution in [-0.2, 0) is 12.6 Å². The van der Waals surface area contributed by atoms with E-state index in [1.54, 1.807) is 0 Å². The third-order valence-electron chi connectivity index (χ3n) is 3.41. The molecule has 2 aromatic carbocycles. The van der Waals surface area contributed by atoms with Crippen LogP contribution in [0.4, 0.5) is 18.9 Å². The van der Waals surface area contributed by atoms with Gasteiger partial charge in [-0.15, -0.1) is 0 Å². The first-order valence-corrected chi connectivity index (χ1v) is 7.45. The highest BCUT2D eigenvalue weighted by Crippen LogP contribution is 2.32. The van der Waals surface area contributed by atoms with E-state index < -0.39 is 22.6 Å². The summed E-state index contributed by atoms with van der Waals surface area (Å²) in [5.41, 5.74) is -0.945. The Morgan fingerprint density at radius 1 is 1.20 bits per heavy atom. The van der Waals surface area contributed by atoms with Gasteiger partial charge < -0.3 is 5.32 Å². The number of hydrogen-bond acceptors (Lipinski definition) is 3. The molecule has 0 saturated heterocycles. The van der Waals surface area contributed by atoms with E-state index in [1.165, 1.54) is 24.3 Å². The lowest BCUT2D eigenvalue weighted by Gasteiger charge is -2.13. The monoisotopic (exact) mass is 372 g/mol. The van der Waals surface area contributed by atoms with Crippen LogP contribution in [0.5, 0.6) is 0 Å². The molecule has 9 heteroatoms. The molecule has 0 fully saturated rings. The van der Waals surface area contributed by atoms with Gasteiger partial charge >= 0.3 is 6.18 Å². The summed E-state index contributed by atoms with van der Waals surface area (Å²) < 4.78 is 38.7. The summed E-state index contributed by atoms with van der Waals surface area (Å²) in [6.07, 6.45) is -4.49. The van der Waals surface area contributed by atoms with Crippen LogP contribution in [0.3, 0.4) is 0 Å². The van der Waals surface area contributed by atoms with Crippen LogP contribution >= 0.6 is 11.6 Å². The molecule has 0 bridgehead atoms. The molecule has 0 heterocycles. The normalized spacial score (nSPS) is 11.2. The maximum absolute atomic E-state index is 12.9. The van der Waals surface area contributed by atoms with Gasteiger partial charge in [0.15, 0.2) is 0 Å². The van der Waals surface area contributed by atoms with Gasteiger partial charge in [-0.1, -0.05) is 29.8 Å². The highest BCUT2D eigenvalue weighted by molar-refractivity contribution is 6.34. The molecule has 0 radical (unpaired) electrons. The lowest BCUT2D eigenvalue weighted by Crippen LogP contribution is -2.26. The first-order valence-electron chi connectivity index (χ1n) is 7.07. The van der Waals surface area contributed by atoms with Crippen molar-refractivity contribution < 1.29 is 22.9 Å². The van der Waals surface area contributed by atoms with E-state index in [-0.39, 0.29) is 34.8 Å². The van der Waals surface area contributed by atoms with Gasteiger partial charge in [-0.2, -0.15) is 13.2 Å². The summed E-state index contributed by atoms with van der Waals surface area (Å²) >= 11 is 5.84. The van der Waals surface area contributed by atoms with Crippen molar-refractivity contribution in [3.8, 4) is 0 Å². The van der Waals surface area contributed by atoms with Crippen LogP contribution in [0, 0.1) is 10.1 Å². The van der Waals surface area contributed by atoms with E-state index in [0.717, 1.165) is 18.2 Å². The molecule has 2 aromatic rings. The molecule has 25 heavy (non-hydrogen) atoms. The Morgan fingerprint density at radius 2 is 1.88 bits per heavy atom. The van der Waals surface area contributed by atoms with Crippen LogP contribution in [0.25, 0.3) is 0 Å². The number of amides is 1. The summed E-state index contributed by atoms with van der Waals surface area (Å²) in [4.78, 5) is 22.0. The van der Waals surface area contributed by atoms with E-state index in [2.05, 4.69) is 5.32 Å². The summed E-state index contributed by atoms with van der Waals surface area (Å²) in [5, 5.41) is 13.0. The number of nitrogens with zero attached hydrogens (tertiary/aromatic N) is 1. The second kappa shape index (κ2) is 7.52. The number of benzene rings is 2. The second-order valence-corrected chi connectivity index (χ2v) is 5.49. The van der Waals surface area contributed by atoms with Gasteiger partial charge in [0, 0.05) is 18.7 Å². The molecule has 2 rings (SSSR count). The number of non-ortho nitro benzene ring substituents is 1. The molecule has 0 unspecified atom stereocenters. The predicted octanol–water partition coefficient (Wildman–Crippen LogP) is 4.24. The smallest absolute Gasteiger partial charge is 0.352 e. The van der Waals surface area contributed by atoms with Crippen molar-refractivity contribution in [2.75, 3.05) is 6.54 Å². The largest absolute Gasteiger partial charge is 0.416 e. The van der Waals surface area contributed by atoms with Crippen molar-refractivity contribution >= 4 is 23.2 Å². The Bertz CT molecular complexity index is 809. The zero-order valence-corrected chi connectivity index (χ0v) is 13.4. The minimum atomic E-state index is -4.47. The predicted molar refractivity (Wildman–Crippen MR) is 85.6 cm³/mol. The molecule has 0 atom stereocenters. The van der Waals surface area contributed by atoms with Crippen molar-refractivity contribution in [2.45, 2.75) is 12.6 Å². The van der Waals surface area contributed by atoms with Crippen molar-refractivity contribution in [3.05, 3.63) is 74.3 Å². The van der Waals surface area contributed by atoms with Crippen molar-refractivity contribution in [3.63, 3.8) is 0 Å². The number of nitro benzene ring substituents is 1. The van der Waals surface area contributed by atoms with Crippen LogP contribution in [-0.4, -0.2) is 17.4 Å². The Balaban J connectivity index is 2.04. The zero-order valence-electron chi connectivity index (χ0n) is 12.6. The number of alkyl halides is 3. The van der Waals surface area contributed by atoms with Gasteiger partial charge in [0.1, 0.15) is 0 Å². The molecule has 0 aliphatic rings. The fourth-order valence-corrected chi connectivity index (χ4v) is 2.48. The van der Waals surface area contributed by atoms with E-state index in [9.17, 15) is 28.1 Å². The van der Waals surface area contributed by atoms with E-state index in [1.807, 2.05) is 0 Å². The Morgan fingerprint density at radius 3 is 2.48 bits per heavy atom. The first kappa shape index (κ1) is 18.7. The number of nitrogens with one attached hydrogen (secondary N) is 1. The number of nitro groups is 1. The van der Waals surface area contributed by atoms with Gasteiger partial charge in [-0.25, -0.2) is 0 Å². The van der Waals surface area contributed by atoms with Gasteiger partial charge in [0.2, 0.25) is 0 Å². The first-order chi connectivity index (χ1) is 11.7. The molecule has 132 valence electrons. The van der Waals surface area contributed by atoms with Gasteiger partial charge in [-0.3, -0.25) is 14.9 Å². The SMILES string of the molecule is O=C(NCCc1ccccc1C(F)(F)F)c1ccc([N+](=O)[O-])cc1Cl. The molecular formula is C16H12ClF3N2O3. The highest BCUT2D eigenvalue weighted by atomic mass is 35.5. The topological polar surface area (TPSA) is 72.2 Å². The van der Waals surface area contributed by atoms with Gasteiger partial charge in [0.25, 0.3) is 11.6 Å². The van der Waals surface area contributed by atoms with Gasteiger partial charge in [-0.05, 0) is 24.1 Å². The summed E-state index contributed by atoms with van der Waals surface area (Å²) in [6.45, 7) is -0.0424. The van der Waals surface area contributed by atoms with Crippen molar-refractivity contribution in [1.29, 1.82) is 0 Å². The number of rotatable bonds is 5. The minimum Gasteiger partial charge on any atom is -0.352 e. The quantitative estimate of drug-likeness (QED) is 0.630. The minimum absolute atomic E-state index is 0.0105. The van der Waals surface area contributed by atoms with Crippen molar-refractivity contribution in [1.82, 2.24) is 5.32 Å². The average molecular weight is 373 g/mol. The molecule has 0 aliphatic heterocycles. The second-order valence-electron chi connectivity index (χ2n) is 5.08. The van der Waals surface area contributed by atoms with Crippen LogP contribution in [0.2, 0.25) is 5.02 Å².